The van der Waals surface area contributed by atoms with Gasteiger partial charge < -0.3 is 4.74 Å². The van der Waals surface area contributed by atoms with Crippen molar-refractivity contribution in [2.45, 2.75) is 30.7 Å². The Morgan fingerprint density at radius 3 is 2.56 bits per heavy atom. The van der Waals surface area contributed by atoms with Gasteiger partial charge in [-0.1, -0.05) is 29.3 Å². The van der Waals surface area contributed by atoms with E-state index >= 15 is 0 Å². The van der Waals surface area contributed by atoms with Gasteiger partial charge in [-0.2, -0.15) is 4.31 Å². The van der Waals surface area contributed by atoms with Crippen LogP contribution in [0.1, 0.15) is 28.1 Å². The molecule has 0 bridgehead atoms. The van der Waals surface area contributed by atoms with Gasteiger partial charge in [0.15, 0.2) is 6.61 Å². The van der Waals surface area contributed by atoms with Crippen molar-refractivity contribution < 1.29 is 22.7 Å². The van der Waals surface area contributed by atoms with Crippen molar-refractivity contribution >= 4 is 44.7 Å². The Morgan fingerprint density at radius 1 is 1.22 bits per heavy atom. The summed E-state index contributed by atoms with van der Waals surface area (Å²) >= 11 is 6.89. The number of carbonyl (C=O) groups excluding carboxylic acids is 2. The van der Waals surface area contributed by atoms with Gasteiger partial charge in [0, 0.05) is 6.54 Å². The van der Waals surface area contributed by atoms with Crippen LogP contribution < -0.4 is 0 Å². The fourth-order valence-corrected chi connectivity index (χ4v) is 5.49. The molecule has 1 saturated heterocycles. The van der Waals surface area contributed by atoms with Gasteiger partial charge in [0.2, 0.25) is 15.8 Å². The van der Waals surface area contributed by atoms with Crippen molar-refractivity contribution in [3.8, 4) is 0 Å². The quantitative estimate of drug-likeness (QED) is 0.522. The molecule has 1 aliphatic heterocycles. The second kappa shape index (κ2) is 8.10. The van der Waals surface area contributed by atoms with Crippen LogP contribution in [0.4, 0.5) is 0 Å². The predicted molar refractivity (Wildman–Crippen MR) is 103 cm³/mol. The number of hydrogen-bond acceptors (Lipinski definition) is 6. The van der Waals surface area contributed by atoms with Crippen LogP contribution in [0.2, 0.25) is 4.34 Å². The molecule has 1 aromatic heterocycles. The largest absolute Gasteiger partial charge is 0.456 e. The summed E-state index contributed by atoms with van der Waals surface area (Å²) in [6, 6.07) is 8.70. The second-order valence-electron chi connectivity index (χ2n) is 6.22. The van der Waals surface area contributed by atoms with Crippen LogP contribution in [0.3, 0.4) is 0 Å². The summed E-state index contributed by atoms with van der Waals surface area (Å²) < 4.78 is 32.5. The standard InChI is InChI=1S/C18H18ClNO5S2/c1-12-4-6-13(7-5-12)27(23,24)20-10-2-3-14(20)18(22)25-11-15(21)16-8-9-17(19)26-16/h4-9,14H,2-3,10-11H2,1H3. The van der Waals surface area contributed by atoms with Crippen LogP contribution in [-0.4, -0.2) is 43.7 Å². The van der Waals surface area contributed by atoms with Gasteiger partial charge in [-0.25, -0.2) is 8.42 Å². The lowest BCUT2D eigenvalue weighted by atomic mass is 10.2. The highest BCUT2D eigenvalue weighted by atomic mass is 35.5. The number of nitrogens with zero attached hydrogens (tertiary/aromatic N) is 1. The minimum atomic E-state index is -3.80. The number of carbonyl (C=O) groups is 2. The van der Waals surface area contributed by atoms with Gasteiger partial charge in [-0.05, 0) is 44.0 Å². The number of ketones is 1. The van der Waals surface area contributed by atoms with Crippen molar-refractivity contribution in [1.29, 1.82) is 0 Å². The first-order valence-electron chi connectivity index (χ1n) is 8.33. The zero-order chi connectivity index (χ0) is 19.6. The smallest absolute Gasteiger partial charge is 0.324 e. The normalized spacial score (nSPS) is 17.8. The Kier molecular flexibility index (Phi) is 6.00. The molecular weight excluding hydrogens is 410 g/mol. The van der Waals surface area contributed by atoms with E-state index in [4.69, 9.17) is 16.3 Å². The number of halogens is 1. The minimum absolute atomic E-state index is 0.136. The molecule has 1 aliphatic rings. The molecule has 0 aliphatic carbocycles. The number of rotatable bonds is 6. The lowest BCUT2D eigenvalue weighted by Crippen LogP contribution is -2.41. The van der Waals surface area contributed by atoms with Gasteiger partial charge in [0.05, 0.1) is 14.1 Å². The number of sulfonamides is 1. The van der Waals surface area contributed by atoms with Crippen LogP contribution in [0.25, 0.3) is 0 Å². The van der Waals surface area contributed by atoms with E-state index in [0.717, 1.165) is 21.2 Å². The highest BCUT2D eigenvalue weighted by molar-refractivity contribution is 7.89. The Hall–Kier alpha value is -1.74. The van der Waals surface area contributed by atoms with Gasteiger partial charge in [-0.15, -0.1) is 11.3 Å². The molecule has 0 spiro atoms. The van der Waals surface area contributed by atoms with Gasteiger partial charge in [-0.3, -0.25) is 9.59 Å². The average molecular weight is 428 g/mol. The summed E-state index contributed by atoms with van der Waals surface area (Å²) in [5.74, 6) is -1.08. The number of ether oxygens (including phenoxy) is 1. The number of benzene rings is 1. The van der Waals surface area contributed by atoms with E-state index in [0.29, 0.717) is 22.1 Å². The maximum Gasteiger partial charge on any atom is 0.324 e. The maximum absolute atomic E-state index is 12.9. The van der Waals surface area contributed by atoms with E-state index in [1.807, 2.05) is 6.92 Å². The van der Waals surface area contributed by atoms with E-state index < -0.39 is 28.6 Å². The fraction of sp³-hybridized carbons (Fsp3) is 0.333. The third-order valence-electron chi connectivity index (χ3n) is 4.30. The Labute approximate surface area is 166 Å². The molecule has 1 fully saturated rings. The summed E-state index contributed by atoms with van der Waals surface area (Å²) in [5, 5.41) is 0. The highest BCUT2D eigenvalue weighted by Gasteiger charge is 2.40. The summed E-state index contributed by atoms with van der Waals surface area (Å²) in [6.45, 7) is 1.67. The summed E-state index contributed by atoms with van der Waals surface area (Å²) in [5.41, 5.74) is 0.943. The highest BCUT2D eigenvalue weighted by Crippen LogP contribution is 2.27. The molecule has 1 atom stereocenters. The SMILES string of the molecule is Cc1ccc(S(=O)(=O)N2CCCC2C(=O)OCC(=O)c2ccc(Cl)s2)cc1. The van der Waals surface area contributed by atoms with E-state index in [-0.39, 0.29) is 17.2 Å². The third-order valence-corrected chi connectivity index (χ3v) is 7.49. The number of esters is 1. The molecule has 3 rings (SSSR count). The van der Waals surface area contributed by atoms with Crippen LogP contribution in [0.15, 0.2) is 41.3 Å². The Morgan fingerprint density at radius 2 is 1.93 bits per heavy atom. The van der Waals surface area contributed by atoms with Gasteiger partial charge in [0.25, 0.3) is 0 Å². The average Bonchev–Trinajstić information content (AvgIpc) is 3.29. The van der Waals surface area contributed by atoms with Crippen LogP contribution in [0.5, 0.6) is 0 Å². The van der Waals surface area contributed by atoms with Gasteiger partial charge >= 0.3 is 5.97 Å². The lowest BCUT2D eigenvalue weighted by Gasteiger charge is -2.22. The second-order valence-corrected chi connectivity index (χ2v) is 9.83. The zero-order valence-electron chi connectivity index (χ0n) is 14.6. The third kappa shape index (κ3) is 4.40. The molecule has 0 N–H and O–H groups in total. The summed E-state index contributed by atoms with van der Waals surface area (Å²) in [7, 11) is -3.80. The number of thiophene rings is 1. The van der Waals surface area contributed by atoms with E-state index in [1.54, 1.807) is 24.3 Å². The van der Waals surface area contributed by atoms with Crippen molar-refractivity contribution in [2.24, 2.45) is 0 Å². The van der Waals surface area contributed by atoms with Crippen LogP contribution in [-0.2, 0) is 19.6 Å². The Bertz CT molecular complexity index is 952. The fourth-order valence-electron chi connectivity index (χ4n) is 2.88. The molecule has 1 unspecified atom stereocenters. The molecule has 2 aromatic rings. The molecule has 2 heterocycles. The van der Waals surface area contributed by atoms with E-state index in [9.17, 15) is 18.0 Å². The lowest BCUT2D eigenvalue weighted by molar-refractivity contribution is -0.146. The number of Topliss-reactive ketones (excluding diaryl/α,β-unsaturated/α-hetero) is 1. The molecule has 0 amide bonds. The van der Waals surface area contributed by atoms with E-state index in [2.05, 4.69) is 0 Å². The molecule has 144 valence electrons. The van der Waals surface area contributed by atoms with Crippen LogP contribution in [0, 0.1) is 6.92 Å². The minimum Gasteiger partial charge on any atom is -0.456 e. The first-order valence-corrected chi connectivity index (χ1v) is 11.0. The zero-order valence-corrected chi connectivity index (χ0v) is 16.9. The van der Waals surface area contributed by atoms with Crippen molar-refractivity contribution in [1.82, 2.24) is 4.31 Å². The monoisotopic (exact) mass is 427 g/mol. The van der Waals surface area contributed by atoms with Crippen molar-refractivity contribution in [2.75, 3.05) is 13.2 Å². The maximum atomic E-state index is 12.9. The van der Waals surface area contributed by atoms with Crippen molar-refractivity contribution in [3.63, 3.8) is 0 Å². The topological polar surface area (TPSA) is 80.8 Å². The predicted octanol–water partition coefficient (Wildman–Crippen LogP) is 3.29. The van der Waals surface area contributed by atoms with E-state index in [1.165, 1.54) is 12.1 Å². The van der Waals surface area contributed by atoms with Crippen LogP contribution >= 0.6 is 22.9 Å². The molecule has 27 heavy (non-hydrogen) atoms. The first kappa shape index (κ1) is 20.0. The first-order chi connectivity index (χ1) is 12.8. The summed E-state index contributed by atoms with van der Waals surface area (Å²) in [4.78, 5) is 25.0. The Balaban J connectivity index is 1.69. The summed E-state index contributed by atoms with van der Waals surface area (Å²) in [6.07, 6.45) is 0.919. The number of hydrogen-bond donors (Lipinski definition) is 0. The molecule has 0 radical (unpaired) electrons. The number of aryl methyl sites for hydroxylation is 1. The van der Waals surface area contributed by atoms with Crippen molar-refractivity contribution in [3.05, 3.63) is 51.2 Å². The molecule has 6 nitrogen and oxygen atoms in total. The molecule has 0 saturated carbocycles. The molecular formula is C18H18ClNO5S2. The molecule has 9 heteroatoms. The molecule has 1 aromatic carbocycles. The van der Waals surface area contributed by atoms with Gasteiger partial charge in [0.1, 0.15) is 6.04 Å².